The highest BCUT2D eigenvalue weighted by atomic mass is 15.0. The normalized spacial score (nSPS) is 10.7. The van der Waals surface area contributed by atoms with Crippen LogP contribution < -0.4 is 0 Å². The van der Waals surface area contributed by atoms with E-state index in [-0.39, 0.29) is 0 Å². The lowest BCUT2D eigenvalue weighted by atomic mass is 10.1. The monoisotopic (exact) mass is 212 g/mol. The van der Waals surface area contributed by atoms with Crippen LogP contribution in [-0.4, -0.2) is 24.0 Å². The summed E-state index contributed by atoms with van der Waals surface area (Å²) in [6, 6.07) is 14.5. The van der Waals surface area contributed by atoms with Crippen molar-refractivity contribution in [3.05, 3.63) is 54.2 Å². The fraction of sp³-hybridized carbons (Fsp3) is 0.214. The van der Waals surface area contributed by atoms with Crippen molar-refractivity contribution in [3.63, 3.8) is 0 Å². The highest BCUT2D eigenvalue weighted by Gasteiger charge is 2.00. The van der Waals surface area contributed by atoms with Crippen LogP contribution in [0.3, 0.4) is 0 Å². The fourth-order valence-corrected chi connectivity index (χ4v) is 1.70. The van der Waals surface area contributed by atoms with Gasteiger partial charge in [-0.15, -0.1) is 0 Å². The maximum atomic E-state index is 4.40. The molecule has 0 unspecified atom stereocenters. The van der Waals surface area contributed by atoms with Crippen LogP contribution in [0, 0.1) is 0 Å². The lowest BCUT2D eigenvalue weighted by Gasteiger charge is -2.10. The van der Waals surface area contributed by atoms with Gasteiger partial charge in [-0.1, -0.05) is 30.3 Å². The number of pyridine rings is 1. The predicted molar refractivity (Wildman–Crippen MR) is 67.1 cm³/mol. The molecule has 0 radical (unpaired) electrons. The zero-order valence-corrected chi connectivity index (χ0v) is 9.72. The molecule has 0 amide bonds. The minimum atomic E-state index is 0.947. The van der Waals surface area contributed by atoms with E-state index in [0.29, 0.717) is 0 Å². The Morgan fingerprint density at radius 2 is 1.81 bits per heavy atom. The molecule has 2 rings (SSSR count). The van der Waals surface area contributed by atoms with E-state index in [9.17, 15) is 0 Å². The summed E-state index contributed by atoms with van der Waals surface area (Å²) in [6.07, 6.45) is 1.88. The van der Waals surface area contributed by atoms with E-state index in [0.717, 1.165) is 12.2 Å². The molecular weight excluding hydrogens is 196 g/mol. The van der Waals surface area contributed by atoms with Crippen molar-refractivity contribution < 1.29 is 0 Å². The number of aromatic nitrogens is 1. The average Bonchev–Trinajstić information content (AvgIpc) is 2.30. The topological polar surface area (TPSA) is 16.1 Å². The summed E-state index contributed by atoms with van der Waals surface area (Å²) < 4.78 is 0. The second kappa shape index (κ2) is 4.90. The van der Waals surface area contributed by atoms with Gasteiger partial charge in [0.1, 0.15) is 0 Å². The van der Waals surface area contributed by atoms with Crippen molar-refractivity contribution in [1.29, 1.82) is 0 Å². The standard InChI is InChI=1S/C14H16N2/c1-16(2)11-12-8-9-15-14(10-12)13-6-4-3-5-7-13/h3-10H,11H2,1-2H3. The first-order chi connectivity index (χ1) is 7.75. The molecule has 2 nitrogen and oxygen atoms in total. The molecule has 0 aliphatic rings. The predicted octanol–water partition coefficient (Wildman–Crippen LogP) is 2.81. The van der Waals surface area contributed by atoms with E-state index in [1.807, 2.05) is 24.4 Å². The van der Waals surface area contributed by atoms with Crippen LogP contribution in [0.2, 0.25) is 0 Å². The van der Waals surface area contributed by atoms with Crippen molar-refractivity contribution in [2.75, 3.05) is 14.1 Å². The molecule has 2 heteroatoms. The van der Waals surface area contributed by atoms with Gasteiger partial charge in [-0.25, -0.2) is 0 Å². The number of benzene rings is 1. The second-order valence-electron chi connectivity index (χ2n) is 4.15. The molecule has 0 N–H and O–H groups in total. The van der Waals surface area contributed by atoms with Gasteiger partial charge >= 0.3 is 0 Å². The quantitative estimate of drug-likeness (QED) is 0.777. The summed E-state index contributed by atoms with van der Waals surface area (Å²) in [5.74, 6) is 0. The number of nitrogens with zero attached hydrogens (tertiary/aromatic N) is 2. The van der Waals surface area contributed by atoms with E-state index in [2.05, 4.69) is 48.2 Å². The highest BCUT2D eigenvalue weighted by molar-refractivity contribution is 5.59. The Hall–Kier alpha value is -1.67. The first-order valence-corrected chi connectivity index (χ1v) is 5.41. The Labute approximate surface area is 96.6 Å². The van der Waals surface area contributed by atoms with Gasteiger partial charge in [0.25, 0.3) is 0 Å². The van der Waals surface area contributed by atoms with Gasteiger partial charge in [0.2, 0.25) is 0 Å². The van der Waals surface area contributed by atoms with Crippen LogP contribution >= 0.6 is 0 Å². The van der Waals surface area contributed by atoms with Gasteiger partial charge in [-0.2, -0.15) is 0 Å². The maximum Gasteiger partial charge on any atom is 0.0705 e. The zero-order valence-electron chi connectivity index (χ0n) is 9.72. The van der Waals surface area contributed by atoms with Gasteiger partial charge < -0.3 is 4.90 Å². The molecule has 0 saturated carbocycles. The van der Waals surface area contributed by atoms with Crippen LogP contribution in [0.5, 0.6) is 0 Å². The van der Waals surface area contributed by atoms with E-state index >= 15 is 0 Å². The molecule has 0 aliphatic heterocycles. The molecule has 1 aromatic heterocycles. The van der Waals surface area contributed by atoms with Crippen LogP contribution in [-0.2, 0) is 6.54 Å². The third-order valence-corrected chi connectivity index (χ3v) is 2.39. The summed E-state index contributed by atoms with van der Waals surface area (Å²) in [7, 11) is 4.14. The van der Waals surface area contributed by atoms with Gasteiger partial charge in [-0.3, -0.25) is 4.98 Å². The third kappa shape index (κ3) is 2.67. The average molecular weight is 212 g/mol. The van der Waals surface area contributed by atoms with Crippen molar-refractivity contribution in [2.45, 2.75) is 6.54 Å². The minimum absolute atomic E-state index is 0.947. The van der Waals surface area contributed by atoms with E-state index in [1.165, 1.54) is 11.1 Å². The Morgan fingerprint density at radius 3 is 2.50 bits per heavy atom. The lowest BCUT2D eigenvalue weighted by Crippen LogP contribution is -2.10. The molecule has 16 heavy (non-hydrogen) atoms. The summed E-state index contributed by atoms with van der Waals surface area (Å²) in [6.45, 7) is 0.947. The lowest BCUT2D eigenvalue weighted by molar-refractivity contribution is 0.402. The highest BCUT2D eigenvalue weighted by Crippen LogP contribution is 2.17. The van der Waals surface area contributed by atoms with Gasteiger partial charge in [0.15, 0.2) is 0 Å². The van der Waals surface area contributed by atoms with E-state index in [1.54, 1.807) is 0 Å². The van der Waals surface area contributed by atoms with Gasteiger partial charge in [-0.05, 0) is 31.8 Å². The van der Waals surface area contributed by atoms with Gasteiger partial charge in [0.05, 0.1) is 5.69 Å². The molecule has 0 bridgehead atoms. The minimum Gasteiger partial charge on any atom is -0.305 e. The Kier molecular flexibility index (Phi) is 3.32. The Morgan fingerprint density at radius 1 is 1.06 bits per heavy atom. The molecule has 2 aromatic rings. The van der Waals surface area contributed by atoms with Crippen LogP contribution in [0.1, 0.15) is 5.56 Å². The molecule has 0 aliphatic carbocycles. The van der Waals surface area contributed by atoms with Crippen molar-refractivity contribution in [3.8, 4) is 11.3 Å². The van der Waals surface area contributed by atoms with Crippen molar-refractivity contribution >= 4 is 0 Å². The molecule has 0 atom stereocenters. The van der Waals surface area contributed by atoms with E-state index < -0.39 is 0 Å². The van der Waals surface area contributed by atoms with Crippen LogP contribution in [0.4, 0.5) is 0 Å². The zero-order chi connectivity index (χ0) is 11.4. The van der Waals surface area contributed by atoms with Crippen LogP contribution in [0.25, 0.3) is 11.3 Å². The molecular formula is C14H16N2. The first-order valence-electron chi connectivity index (χ1n) is 5.41. The maximum absolute atomic E-state index is 4.40. The summed E-state index contributed by atoms with van der Waals surface area (Å²) >= 11 is 0. The van der Waals surface area contributed by atoms with Crippen molar-refractivity contribution in [1.82, 2.24) is 9.88 Å². The molecule has 1 aromatic carbocycles. The van der Waals surface area contributed by atoms with E-state index in [4.69, 9.17) is 0 Å². The van der Waals surface area contributed by atoms with Crippen LogP contribution in [0.15, 0.2) is 48.7 Å². The summed E-state index contributed by atoms with van der Waals surface area (Å²) in [4.78, 5) is 6.56. The molecule has 1 heterocycles. The first kappa shape index (κ1) is 10.8. The number of hydrogen-bond donors (Lipinski definition) is 0. The van der Waals surface area contributed by atoms with Crippen molar-refractivity contribution in [2.24, 2.45) is 0 Å². The fourth-order valence-electron chi connectivity index (χ4n) is 1.70. The Balaban J connectivity index is 2.29. The number of rotatable bonds is 3. The summed E-state index contributed by atoms with van der Waals surface area (Å²) in [5, 5.41) is 0. The molecule has 82 valence electrons. The SMILES string of the molecule is CN(C)Cc1ccnc(-c2ccccc2)c1. The summed E-state index contributed by atoms with van der Waals surface area (Å²) in [5.41, 5.74) is 3.50. The molecule has 0 spiro atoms. The molecule has 0 saturated heterocycles. The number of hydrogen-bond acceptors (Lipinski definition) is 2. The smallest absolute Gasteiger partial charge is 0.0705 e. The third-order valence-electron chi connectivity index (χ3n) is 2.39. The van der Waals surface area contributed by atoms with Gasteiger partial charge in [0, 0.05) is 18.3 Å². The molecule has 0 fully saturated rings. The largest absolute Gasteiger partial charge is 0.305 e. The second-order valence-corrected chi connectivity index (χ2v) is 4.15. The Bertz CT molecular complexity index is 449.